The van der Waals surface area contributed by atoms with Gasteiger partial charge < -0.3 is 10.6 Å². The Balaban J connectivity index is 1.88. The summed E-state index contributed by atoms with van der Waals surface area (Å²) in [5.41, 5.74) is 2.12. The van der Waals surface area contributed by atoms with Crippen LogP contribution in [0.1, 0.15) is 24.0 Å². The molecule has 1 fully saturated rings. The van der Waals surface area contributed by atoms with Gasteiger partial charge in [-0.15, -0.1) is 0 Å². The lowest BCUT2D eigenvalue weighted by molar-refractivity contribution is -0.122. The summed E-state index contributed by atoms with van der Waals surface area (Å²) in [6, 6.07) is 5.80. The highest BCUT2D eigenvalue weighted by Gasteiger charge is 2.21. The Hall–Kier alpha value is -1.06. The van der Waals surface area contributed by atoms with Gasteiger partial charge >= 0.3 is 0 Å². The van der Waals surface area contributed by atoms with Gasteiger partial charge in [0.1, 0.15) is 0 Å². The van der Waals surface area contributed by atoms with E-state index in [1.807, 2.05) is 25.1 Å². The first-order valence-electron chi connectivity index (χ1n) is 5.93. The van der Waals surface area contributed by atoms with Crippen molar-refractivity contribution in [3.8, 4) is 0 Å². The van der Waals surface area contributed by atoms with E-state index in [1.54, 1.807) is 0 Å². The van der Waals surface area contributed by atoms with E-state index in [0.717, 1.165) is 35.5 Å². The number of amides is 1. The van der Waals surface area contributed by atoms with Crippen molar-refractivity contribution in [1.82, 2.24) is 10.6 Å². The maximum absolute atomic E-state index is 11.8. The monoisotopic (exact) mass is 252 g/mol. The molecular weight excluding hydrogens is 236 g/mol. The van der Waals surface area contributed by atoms with Gasteiger partial charge in [0.2, 0.25) is 5.91 Å². The Bertz CT molecular complexity index is 414. The molecule has 2 N–H and O–H groups in total. The van der Waals surface area contributed by atoms with Crippen LogP contribution in [0.3, 0.4) is 0 Å². The standard InChI is InChI=1S/C13H17ClN2O/c1-9-7-10(4-5-11(9)14)8-16-13(17)12-3-2-6-15-12/h4-5,7,12,15H,2-3,6,8H2,1H3,(H,16,17). The molecule has 0 spiro atoms. The summed E-state index contributed by atoms with van der Waals surface area (Å²) in [5.74, 6) is 0.0927. The third-order valence-electron chi connectivity index (χ3n) is 3.07. The Kier molecular flexibility index (Phi) is 4.02. The quantitative estimate of drug-likeness (QED) is 0.864. The zero-order chi connectivity index (χ0) is 12.3. The minimum absolute atomic E-state index is 0.0107. The first kappa shape index (κ1) is 12.4. The summed E-state index contributed by atoms with van der Waals surface area (Å²) in [6.07, 6.45) is 2.02. The lowest BCUT2D eigenvalue weighted by Crippen LogP contribution is -2.39. The van der Waals surface area contributed by atoms with Crippen LogP contribution in [0.5, 0.6) is 0 Å². The number of carbonyl (C=O) groups is 1. The first-order chi connectivity index (χ1) is 8.16. The van der Waals surface area contributed by atoms with Crippen LogP contribution in [0.15, 0.2) is 18.2 Å². The van der Waals surface area contributed by atoms with Gasteiger partial charge in [-0.2, -0.15) is 0 Å². The van der Waals surface area contributed by atoms with Gasteiger partial charge in [-0.25, -0.2) is 0 Å². The molecule has 92 valence electrons. The van der Waals surface area contributed by atoms with Crippen molar-refractivity contribution in [1.29, 1.82) is 0 Å². The normalized spacial score (nSPS) is 19.3. The Morgan fingerprint density at radius 1 is 1.59 bits per heavy atom. The number of carbonyl (C=O) groups excluding carboxylic acids is 1. The summed E-state index contributed by atoms with van der Waals surface area (Å²) in [6.45, 7) is 3.47. The molecule has 0 aromatic heterocycles. The molecule has 0 bridgehead atoms. The summed E-state index contributed by atoms with van der Waals surface area (Å²) >= 11 is 5.95. The van der Waals surface area contributed by atoms with Gasteiger partial charge in [-0.3, -0.25) is 4.79 Å². The first-order valence-corrected chi connectivity index (χ1v) is 6.31. The summed E-state index contributed by atoms with van der Waals surface area (Å²) < 4.78 is 0. The molecule has 1 atom stereocenters. The van der Waals surface area contributed by atoms with Crippen LogP contribution in [0.25, 0.3) is 0 Å². The molecule has 0 aliphatic carbocycles. The predicted molar refractivity (Wildman–Crippen MR) is 69.1 cm³/mol. The van der Waals surface area contributed by atoms with E-state index in [2.05, 4.69) is 10.6 Å². The average Bonchev–Trinajstić information content (AvgIpc) is 2.84. The van der Waals surface area contributed by atoms with Gasteiger partial charge in [0.25, 0.3) is 0 Å². The van der Waals surface area contributed by atoms with Gasteiger partial charge in [-0.05, 0) is 43.5 Å². The van der Waals surface area contributed by atoms with Crippen molar-refractivity contribution in [3.05, 3.63) is 34.3 Å². The van der Waals surface area contributed by atoms with Crippen molar-refractivity contribution in [3.63, 3.8) is 0 Å². The molecule has 4 heteroatoms. The van der Waals surface area contributed by atoms with E-state index in [9.17, 15) is 4.79 Å². The van der Waals surface area contributed by atoms with E-state index in [-0.39, 0.29) is 11.9 Å². The van der Waals surface area contributed by atoms with E-state index in [1.165, 1.54) is 0 Å². The van der Waals surface area contributed by atoms with E-state index in [0.29, 0.717) is 6.54 Å². The molecule has 1 amide bonds. The highest BCUT2D eigenvalue weighted by Crippen LogP contribution is 2.16. The fourth-order valence-electron chi connectivity index (χ4n) is 2.04. The smallest absolute Gasteiger partial charge is 0.237 e. The Morgan fingerprint density at radius 2 is 2.41 bits per heavy atom. The van der Waals surface area contributed by atoms with Crippen molar-refractivity contribution in [2.24, 2.45) is 0 Å². The highest BCUT2D eigenvalue weighted by atomic mass is 35.5. The zero-order valence-electron chi connectivity index (χ0n) is 9.92. The van der Waals surface area contributed by atoms with E-state index >= 15 is 0 Å². The second kappa shape index (κ2) is 5.52. The van der Waals surface area contributed by atoms with Crippen molar-refractivity contribution >= 4 is 17.5 Å². The molecule has 1 saturated heterocycles. The number of rotatable bonds is 3. The Labute approximate surface area is 107 Å². The number of halogens is 1. The predicted octanol–water partition coefficient (Wildman–Crippen LogP) is 2.02. The average molecular weight is 253 g/mol. The number of nitrogens with one attached hydrogen (secondary N) is 2. The summed E-state index contributed by atoms with van der Waals surface area (Å²) in [4.78, 5) is 11.8. The number of hydrogen-bond donors (Lipinski definition) is 2. The van der Waals surface area contributed by atoms with E-state index < -0.39 is 0 Å². The van der Waals surface area contributed by atoms with Crippen molar-refractivity contribution in [2.45, 2.75) is 32.4 Å². The lowest BCUT2D eigenvalue weighted by Gasteiger charge is -2.11. The van der Waals surface area contributed by atoms with Crippen LogP contribution in [0.4, 0.5) is 0 Å². The van der Waals surface area contributed by atoms with Crippen LogP contribution in [-0.4, -0.2) is 18.5 Å². The lowest BCUT2D eigenvalue weighted by atomic mass is 10.1. The van der Waals surface area contributed by atoms with Crippen molar-refractivity contribution < 1.29 is 4.79 Å². The number of hydrogen-bond acceptors (Lipinski definition) is 2. The molecule has 1 heterocycles. The highest BCUT2D eigenvalue weighted by molar-refractivity contribution is 6.31. The molecule has 0 saturated carbocycles. The minimum Gasteiger partial charge on any atom is -0.351 e. The topological polar surface area (TPSA) is 41.1 Å². The Morgan fingerprint density at radius 3 is 3.06 bits per heavy atom. The number of benzene rings is 1. The number of aryl methyl sites for hydroxylation is 1. The molecule has 3 nitrogen and oxygen atoms in total. The summed E-state index contributed by atoms with van der Waals surface area (Å²) in [7, 11) is 0. The minimum atomic E-state index is -0.0107. The maximum Gasteiger partial charge on any atom is 0.237 e. The maximum atomic E-state index is 11.8. The summed E-state index contributed by atoms with van der Waals surface area (Å²) in [5, 5.41) is 6.88. The van der Waals surface area contributed by atoms with Crippen molar-refractivity contribution in [2.75, 3.05) is 6.54 Å². The van der Waals surface area contributed by atoms with E-state index in [4.69, 9.17) is 11.6 Å². The molecule has 1 aromatic rings. The molecule has 2 rings (SSSR count). The third-order valence-corrected chi connectivity index (χ3v) is 3.49. The van der Waals surface area contributed by atoms with Gasteiger partial charge in [-0.1, -0.05) is 23.7 Å². The van der Waals surface area contributed by atoms with Gasteiger partial charge in [0.05, 0.1) is 6.04 Å². The van der Waals surface area contributed by atoms with Gasteiger partial charge in [0, 0.05) is 11.6 Å². The fraction of sp³-hybridized carbons (Fsp3) is 0.462. The zero-order valence-corrected chi connectivity index (χ0v) is 10.7. The van der Waals surface area contributed by atoms with Gasteiger partial charge in [0.15, 0.2) is 0 Å². The molecule has 0 radical (unpaired) electrons. The fourth-order valence-corrected chi connectivity index (χ4v) is 2.16. The molecule has 1 aromatic carbocycles. The van der Waals surface area contributed by atoms with Crippen LogP contribution in [-0.2, 0) is 11.3 Å². The molecule has 1 unspecified atom stereocenters. The molecule has 1 aliphatic heterocycles. The third kappa shape index (κ3) is 3.20. The molecular formula is C13H17ClN2O. The van der Waals surface area contributed by atoms with Crippen LogP contribution in [0.2, 0.25) is 5.02 Å². The molecule has 17 heavy (non-hydrogen) atoms. The molecule has 1 aliphatic rings. The van der Waals surface area contributed by atoms with Crippen LogP contribution in [0, 0.1) is 6.92 Å². The SMILES string of the molecule is Cc1cc(CNC(=O)C2CCCN2)ccc1Cl. The second-order valence-electron chi connectivity index (χ2n) is 4.45. The largest absolute Gasteiger partial charge is 0.351 e. The van der Waals surface area contributed by atoms with Crippen LogP contribution >= 0.6 is 11.6 Å². The van der Waals surface area contributed by atoms with Crippen LogP contribution < -0.4 is 10.6 Å². The second-order valence-corrected chi connectivity index (χ2v) is 4.86.